The number of ether oxygens (including phenoxy) is 1. The Bertz CT molecular complexity index is 1220. The number of carbonyl (C=O) groups excluding carboxylic acids is 2. The second-order valence-corrected chi connectivity index (χ2v) is 11.5. The molecule has 0 spiro atoms. The maximum absolute atomic E-state index is 14.0. The molecule has 0 aromatic heterocycles. The predicted molar refractivity (Wildman–Crippen MR) is 141 cm³/mol. The third kappa shape index (κ3) is 4.42. The number of hydrogen-bond acceptors (Lipinski definition) is 5. The number of piperazine rings is 1. The van der Waals surface area contributed by atoms with Crippen molar-refractivity contribution in [1.82, 2.24) is 9.80 Å². The van der Waals surface area contributed by atoms with E-state index in [-0.39, 0.29) is 29.6 Å². The zero-order valence-corrected chi connectivity index (χ0v) is 21.9. The van der Waals surface area contributed by atoms with Gasteiger partial charge < -0.3 is 25.0 Å². The fraction of sp³-hybridized carbons (Fsp3) is 0.533. The summed E-state index contributed by atoms with van der Waals surface area (Å²) in [6, 6.07) is 12.1. The molecule has 2 saturated carbocycles. The molecular weight excluding hydrogens is 485 g/mol. The SMILES string of the molecule is C[C@H]1CN(C(=O)c2ccc(C3(C4CCCCCC4)Nc4ccc(F)cc4O3)cc2)CCN1C(=O)C1(O)CC1. The number of rotatable bonds is 4. The van der Waals surface area contributed by atoms with Crippen molar-refractivity contribution in [2.45, 2.75) is 75.7 Å². The molecular formula is C30H36FN3O4. The monoisotopic (exact) mass is 521 g/mol. The number of aliphatic hydroxyl groups is 1. The van der Waals surface area contributed by atoms with Crippen LogP contribution in [0.15, 0.2) is 42.5 Å². The Hall–Kier alpha value is -3.13. The summed E-state index contributed by atoms with van der Waals surface area (Å²) in [5.41, 5.74) is 0.308. The number of fused-ring (bicyclic) bond motifs is 1. The van der Waals surface area contributed by atoms with Crippen molar-refractivity contribution in [3.8, 4) is 5.75 Å². The normalized spacial score (nSPS) is 26.7. The van der Waals surface area contributed by atoms with Crippen LogP contribution in [0.2, 0.25) is 0 Å². The highest BCUT2D eigenvalue weighted by atomic mass is 19.1. The van der Waals surface area contributed by atoms with Gasteiger partial charge in [0.25, 0.3) is 11.8 Å². The van der Waals surface area contributed by atoms with Crippen molar-refractivity contribution >= 4 is 17.5 Å². The van der Waals surface area contributed by atoms with E-state index in [2.05, 4.69) is 5.32 Å². The summed E-state index contributed by atoms with van der Waals surface area (Å²) in [7, 11) is 0. The molecule has 202 valence electrons. The van der Waals surface area contributed by atoms with Crippen molar-refractivity contribution < 1.29 is 23.8 Å². The molecule has 2 aliphatic carbocycles. The molecule has 6 rings (SSSR count). The van der Waals surface area contributed by atoms with E-state index in [1.54, 1.807) is 15.9 Å². The molecule has 2 aliphatic heterocycles. The molecule has 2 atom stereocenters. The molecule has 0 radical (unpaired) electrons. The first-order valence-electron chi connectivity index (χ1n) is 14.0. The number of anilines is 1. The van der Waals surface area contributed by atoms with Gasteiger partial charge in [-0.3, -0.25) is 9.59 Å². The average molecular weight is 522 g/mol. The molecule has 2 aromatic carbocycles. The fourth-order valence-corrected chi connectivity index (χ4v) is 6.41. The lowest BCUT2D eigenvalue weighted by atomic mass is 9.83. The minimum Gasteiger partial charge on any atom is -0.461 e. The summed E-state index contributed by atoms with van der Waals surface area (Å²) in [4.78, 5) is 29.5. The molecule has 2 amide bonds. The van der Waals surface area contributed by atoms with Crippen molar-refractivity contribution in [3.63, 3.8) is 0 Å². The number of benzene rings is 2. The topological polar surface area (TPSA) is 82.1 Å². The van der Waals surface area contributed by atoms with Gasteiger partial charge in [-0.2, -0.15) is 0 Å². The van der Waals surface area contributed by atoms with E-state index in [0.29, 0.717) is 43.8 Å². The van der Waals surface area contributed by atoms with E-state index in [4.69, 9.17) is 4.74 Å². The summed E-state index contributed by atoms with van der Waals surface area (Å²) in [5.74, 6) is 0.122. The standard InChI is InChI=1S/C30H36FN3O4/c1-20-19-33(16-17-34(20)28(36)29(37)14-15-29)27(35)21-8-10-23(11-9-21)30(22-6-4-2-3-5-7-22)32-25-13-12-24(31)18-26(25)38-30/h8-13,18,20,22,32,37H,2-7,14-17,19H2,1H3/t20-,30?/m0/s1. The minimum atomic E-state index is -1.19. The Morgan fingerprint density at radius 3 is 2.39 bits per heavy atom. The van der Waals surface area contributed by atoms with Crippen molar-refractivity contribution in [3.05, 3.63) is 59.4 Å². The van der Waals surface area contributed by atoms with Crippen molar-refractivity contribution in [1.29, 1.82) is 0 Å². The third-order valence-electron chi connectivity index (χ3n) is 8.82. The molecule has 2 heterocycles. The van der Waals surface area contributed by atoms with Crippen LogP contribution >= 0.6 is 0 Å². The van der Waals surface area contributed by atoms with E-state index >= 15 is 0 Å². The van der Waals surface area contributed by atoms with Crippen LogP contribution in [0.25, 0.3) is 0 Å². The van der Waals surface area contributed by atoms with E-state index in [9.17, 15) is 19.1 Å². The number of hydrogen-bond donors (Lipinski definition) is 2. The summed E-state index contributed by atoms with van der Waals surface area (Å²) in [5, 5.41) is 13.8. The van der Waals surface area contributed by atoms with Crippen LogP contribution in [0, 0.1) is 11.7 Å². The molecule has 0 bridgehead atoms. The second kappa shape index (κ2) is 9.56. The van der Waals surface area contributed by atoms with Gasteiger partial charge in [0.1, 0.15) is 17.2 Å². The lowest BCUT2D eigenvalue weighted by molar-refractivity contribution is -0.146. The highest BCUT2D eigenvalue weighted by Crippen LogP contribution is 2.49. The Morgan fingerprint density at radius 2 is 1.74 bits per heavy atom. The van der Waals surface area contributed by atoms with E-state index in [0.717, 1.165) is 36.9 Å². The largest absolute Gasteiger partial charge is 0.461 e. The van der Waals surface area contributed by atoms with Gasteiger partial charge in [0, 0.05) is 48.8 Å². The first-order valence-corrected chi connectivity index (χ1v) is 14.0. The highest BCUT2D eigenvalue weighted by Gasteiger charge is 2.52. The van der Waals surface area contributed by atoms with Gasteiger partial charge in [-0.25, -0.2) is 4.39 Å². The Labute approximate surface area is 223 Å². The summed E-state index contributed by atoms with van der Waals surface area (Å²) < 4.78 is 20.6. The van der Waals surface area contributed by atoms with Gasteiger partial charge in [0.2, 0.25) is 5.72 Å². The van der Waals surface area contributed by atoms with Gasteiger partial charge >= 0.3 is 0 Å². The van der Waals surface area contributed by atoms with Crippen LogP contribution in [-0.2, 0) is 10.5 Å². The molecule has 8 heteroatoms. The number of amides is 2. The predicted octanol–water partition coefficient (Wildman–Crippen LogP) is 4.65. The van der Waals surface area contributed by atoms with Crippen LogP contribution in [0.5, 0.6) is 5.75 Å². The van der Waals surface area contributed by atoms with Gasteiger partial charge in [-0.1, -0.05) is 37.8 Å². The maximum atomic E-state index is 14.0. The van der Waals surface area contributed by atoms with Gasteiger partial charge in [0.15, 0.2) is 0 Å². The third-order valence-corrected chi connectivity index (χ3v) is 8.82. The number of carbonyl (C=O) groups is 2. The number of nitrogens with zero attached hydrogens (tertiary/aromatic N) is 2. The fourth-order valence-electron chi connectivity index (χ4n) is 6.41. The Balaban J connectivity index is 1.21. The van der Waals surface area contributed by atoms with E-state index in [1.165, 1.54) is 25.0 Å². The Kier molecular flexibility index (Phi) is 6.33. The zero-order chi connectivity index (χ0) is 26.5. The Morgan fingerprint density at radius 1 is 1.03 bits per heavy atom. The summed E-state index contributed by atoms with van der Waals surface area (Å²) in [6.07, 6.45) is 7.73. The molecule has 4 aliphatic rings. The van der Waals surface area contributed by atoms with Gasteiger partial charge in [-0.05, 0) is 56.9 Å². The number of halogens is 1. The summed E-state index contributed by atoms with van der Waals surface area (Å²) in [6.45, 7) is 3.21. The molecule has 3 fully saturated rings. The molecule has 2 N–H and O–H groups in total. The average Bonchev–Trinajstić information content (AvgIpc) is 3.64. The van der Waals surface area contributed by atoms with Crippen molar-refractivity contribution in [2.24, 2.45) is 5.92 Å². The van der Waals surface area contributed by atoms with Crippen molar-refractivity contribution in [2.75, 3.05) is 25.0 Å². The van der Waals surface area contributed by atoms with Crippen LogP contribution in [0.4, 0.5) is 10.1 Å². The minimum absolute atomic E-state index is 0.0743. The lowest BCUT2D eigenvalue weighted by Crippen LogP contribution is -2.57. The van der Waals surface area contributed by atoms with E-state index in [1.807, 2.05) is 31.2 Å². The van der Waals surface area contributed by atoms with Crippen LogP contribution in [0.3, 0.4) is 0 Å². The maximum Gasteiger partial charge on any atom is 0.254 e. The molecule has 1 unspecified atom stereocenters. The highest BCUT2D eigenvalue weighted by molar-refractivity contribution is 5.95. The number of nitrogens with one attached hydrogen (secondary N) is 1. The quantitative estimate of drug-likeness (QED) is 0.573. The first kappa shape index (κ1) is 25.2. The van der Waals surface area contributed by atoms with E-state index < -0.39 is 11.3 Å². The lowest BCUT2D eigenvalue weighted by Gasteiger charge is -2.41. The first-order chi connectivity index (χ1) is 18.3. The zero-order valence-electron chi connectivity index (χ0n) is 21.9. The van der Waals surface area contributed by atoms with Crippen LogP contribution in [-0.4, -0.2) is 58.0 Å². The van der Waals surface area contributed by atoms with Gasteiger partial charge in [-0.15, -0.1) is 0 Å². The molecule has 2 aromatic rings. The van der Waals surface area contributed by atoms with Crippen LogP contribution in [0.1, 0.15) is 74.2 Å². The molecule has 38 heavy (non-hydrogen) atoms. The smallest absolute Gasteiger partial charge is 0.254 e. The summed E-state index contributed by atoms with van der Waals surface area (Å²) >= 11 is 0. The van der Waals surface area contributed by atoms with Crippen LogP contribution < -0.4 is 10.1 Å². The molecule has 1 saturated heterocycles. The second-order valence-electron chi connectivity index (χ2n) is 11.5. The molecule has 7 nitrogen and oxygen atoms in total. The van der Waals surface area contributed by atoms with Gasteiger partial charge in [0.05, 0.1) is 5.69 Å².